The molecule has 0 radical (unpaired) electrons. The number of aromatic nitrogens is 4. The molecule has 0 unspecified atom stereocenters. The molecule has 328 valence electrons. The van der Waals surface area contributed by atoms with E-state index in [0.29, 0.717) is 69.2 Å². The third-order valence-electron chi connectivity index (χ3n) is 13.6. The standard InChI is InChI=1S/C49H52F2N6O6/c1-26(58)55-38-22-29(12-16-37(38)53-43(55)41-31-9-13-32(19-31)57(41)45(61)63-47(6,7)8)28-10-14-33-34-15-11-30(21-36(34)49(50,51)35(33)20-28)40-24-52-42(56(40)27(2)59)39-23-48(17-18-48)25-54(39)44(60)62-46(3,4)5/h10-12,14-16,20-22,24,31-32,39,41H,9,13,17-19,23,25H2,1-8H3/t31-,32+,39-,41-/m0/s1. The molecule has 5 aliphatic rings. The third kappa shape index (κ3) is 6.73. The maximum atomic E-state index is 16.8. The minimum atomic E-state index is -3.39. The highest BCUT2D eigenvalue weighted by Crippen LogP contribution is 2.59. The summed E-state index contributed by atoms with van der Waals surface area (Å²) in [6, 6.07) is 14.3. The minimum Gasteiger partial charge on any atom is -0.444 e. The second-order valence-corrected chi connectivity index (χ2v) is 20.4. The summed E-state index contributed by atoms with van der Waals surface area (Å²) in [7, 11) is 0. The Bertz CT molecular complexity index is 2790. The first kappa shape index (κ1) is 41.1. The van der Waals surface area contributed by atoms with E-state index >= 15 is 8.78 Å². The zero-order valence-electron chi connectivity index (χ0n) is 36.9. The van der Waals surface area contributed by atoms with Gasteiger partial charge in [0.1, 0.15) is 22.9 Å². The number of hydrogen-bond donors (Lipinski definition) is 0. The summed E-state index contributed by atoms with van der Waals surface area (Å²) >= 11 is 0. The van der Waals surface area contributed by atoms with E-state index in [1.165, 1.54) is 36.7 Å². The molecule has 2 aliphatic heterocycles. The van der Waals surface area contributed by atoms with Crippen molar-refractivity contribution in [2.24, 2.45) is 11.3 Å². The van der Waals surface area contributed by atoms with Gasteiger partial charge in [0, 0.05) is 43.1 Å². The number of nitrogens with zero attached hydrogens (tertiary/aromatic N) is 6. The van der Waals surface area contributed by atoms with Gasteiger partial charge >= 0.3 is 12.2 Å². The van der Waals surface area contributed by atoms with Gasteiger partial charge in [0.15, 0.2) is 0 Å². The van der Waals surface area contributed by atoms with Crippen molar-refractivity contribution >= 4 is 35.0 Å². The van der Waals surface area contributed by atoms with Crippen LogP contribution in [0.4, 0.5) is 18.4 Å². The first-order valence-corrected chi connectivity index (χ1v) is 21.9. The van der Waals surface area contributed by atoms with Crippen molar-refractivity contribution in [2.45, 2.75) is 129 Å². The van der Waals surface area contributed by atoms with Crippen molar-refractivity contribution < 1.29 is 37.4 Å². The lowest BCUT2D eigenvalue weighted by atomic mass is 9.98. The smallest absolute Gasteiger partial charge is 0.411 e. The van der Waals surface area contributed by atoms with Gasteiger partial charge < -0.3 is 9.47 Å². The Morgan fingerprint density at radius 2 is 1.35 bits per heavy atom. The summed E-state index contributed by atoms with van der Waals surface area (Å²) in [4.78, 5) is 66.9. The fourth-order valence-electron chi connectivity index (χ4n) is 10.7. The van der Waals surface area contributed by atoms with E-state index in [-0.39, 0.29) is 40.3 Å². The number of piperidine rings is 1. The molecule has 0 N–H and O–H groups in total. The molecule has 2 aromatic heterocycles. The number of fused-ring (bicyclic) bond motifs is 6. The van der Waals surface area contributed by atoms with Gasteiger partial charge in [0.05, 0.1) is 35.0 Å². The number of halogens is 2. The van der Waals surface area contributed by atoms with Crippen LogP contribution >= 0.6 is 0 Å². The molecule has 3 aromatic carbocycles. The molecule has 4 atom stereocenters. The van der Waals surface area contributed by atoms with Crippen molar-refractivity contribution in [1.29, 1.82) is 0 Å². The predicted octanol–water partition coefficient (Wildman–Crippen LogP) is 10.9. The van der Waals surface area contributed by atoms with E-state index in [2.05, 4.69) is 4.98 Å². The normalized spacial score (nSPS) is 22.8. The van der Waals surface area contributed by atoms with Gasteiger partial charge in [-0.2, -0.15) is 8.78 Å². The minimum absolute atomic E-state index is 0.00347. The van der Waals surface area contributed by atoms with Crippen molar-refractivity contribution in [3.05, 3.63) is 83.6 Å². The Balaban J connectivity index is 0.977. The molecule has 2 saturated heterocycles. The molecule has 4 heterocycles. The monoisotopic (exact) mass is 858 g/mol. The number of imidazole rings is 2. The number of hydrogen-bond acceptors (Lipinski definition) is 8. The van der Waals surface area contributed by atoms with E-state index in [4.69, 9.17) is 14.5 Å². The van der Waals surface area contributed by atoms with Crippen molar-refractivity contribution in [2.75, 3.05) is 6.54 Å². The highest BCUT2D eigenvalue weighted by Gasteiger charge is 2.56. The van der Waals surface area contributed by atoms with Crippen molar-refractivity contribution in [3.63, 3.8) is 0 Å². The van der Waals surface area contributed by atoms with Crippen LogP contribution in [0.5, 0.6) is 0 Å². The summed E-state index contributed by atoms with van der Waals surface area (Å²) in [6.45, 7) is 14.3. The van der Waals surface area contributed by atoms with Crippen LogP contribution in [0.2, 0.25) is 0 Å². The second-order valence-electron chi connectivity index (χ2n) is 20.4. The van der Waals surface area contributed by atoms with Gasteiger partial charge in [-0.3, -0.25) is 28.5 Å². The second kappa shape index (κ2) is 13.8. The molecule has 4 fully saturated rings. The number of benzene rings is 3. The Hall–Kier alpha value is -5.92. The van der Waals surface area contributed by atoms with Gasteiger partial charge in [0.2, 0.25) is 11.8 Å². The first-order chi connectivity index (χ1) is 29.6. The molecule has 10 rings (SSSR count). The molecule has 14 heteroatoms. The number of carbonyl (C=O) groups excluding carboxylic acids is 4. The maximum Gasteiger partial charge on any atom is 0.411 e. The lowest BCUT2D eigenvalue weighted by molar-refractivity contribution is 0.00564. The lowest BCUT2D eigenvalue weighted by Gasteiger charge is -2.36. The fraction of sp³-hybridized carbons (Fsp3) is 0.469. The molecule has 63 heavy (non-hydrogen) atoms. The van der Waals surface area contributed by atoms with Crippen molar-refractivity contribution in [3.8, 4) is 33.5 Å². The molecule has 12 nitrogen and oxygen atoms in total. The molecule has 2 saturated carbocycles. The van der Waals surface area contributed by atoms with E-state index in [1.54, 1.807) is 50.8 Å². The highest BCUT2D eigenvalue weighted by atomic mass is 19.3. The average Bonchev–Trinajstić information content (AvgIpc) is 3.80. The van der Waals surface area contributed by atoms with E-state index < -0.39 is 41.4 Å². The summed E-state index contributed by atoms with van der Waals surface area (Å²) < 4.78 is 48.2. The summed E-state index contributed by atoms with van der Waals surface area (Å²) in [5, 5.41) is 0. The molecule has 2 bridgehead atoms. The molecule has 3 aliphatic carbocycles. The van der Waals surface area contributed by atoms with Gasteiger partial charge in [-0.25, -0.2) is 19.6 Å². The number of ether oxygens (including phenoxy) is 2. The van der Waals surface area contributed by atoms with Crippen molar-refractivity contribution in [1.82, 2.24) is 28.9 Å². The zero-order valence-corrected chi connectivity index (χ0v) is 36.9. The number of amides is 2. The number of alkyl halides is 2. The molecular weight excluding hydrogens is 807 g/mol. The third-order valence-corrected chi connectivity index (χ3v) is 13.6. The SMILES string of the molecule is CC(=O)n1c(-c2ccc3c(c2)C(F)(F)c2cc(-c4ccc5nc([C@@H]6[C@H]7CC[C@H](C7)N6C(=O)OC(C)(C)C)n(C(C)=O)c5c4)ccc2-3)cnc1[C@@H]1CC2(CC2)CN1C(=O)OC(C)(C)C. The summed E-state index contributed by atoms with van der Waals surface area (Å²) in [6.07, 6.45) is 5.78. The van der Waals surface area contributed by atoms with Gasteiger partial charge in [0.25, 0.3) is 5.92 Å². The van der Waals surface area contributed by atoms with Crippen LogP contribution in [0, 0.1) is 11.3 Å². The van der Waals surface area contributed by atoms with Crippen LogP contribution in [0.25, 0.3) is 44.5 Å². The topological polar surface area (TPSA) is 129 Å². The molecule has 2 amide bonds. The van der Waals surface area contributed by atoms with Crippen LogP contribution in [0.1, 0.15) is 138 Å². The van der Waals surface area contributed by atoms with E-state index in [0.717, 1.165) is 32.1 Å². The number of carbonyl (C=O) groups is 4. The summed E-state index contributed by atoms with van der Waals surface area (Å²) in [5.41, 5.74) is 2.02. The Labute approximate surface area is 364 Å². The van der Waals surface area contributed by atoms with E-state index in [1.807, 2.05) is 47.6 Å². The Kier molecular flexibility index (Phi) is 9.00. The fourth-order valence-corrected chi connectivity index (χ4v) is 10.7. The predicted molar refractivity (Wildman–Crippen MR) is 231 cm³/mol. The Morgan fingerprint density at radius 1 is 0.746 bits per heavy atom. The van der Waals surface area contributed by atoms with Crippen LogP contribution in [0.3, 0.4) is 0 Å². The first-order valence-electron chi connectivity index (χ1n) is 21.9. The van der Waals surface area contributed by atoms with Crippen LogP contribution in [-0.4, -0.2) is 76.7 Å². The lowest BCUT2D eigenvalue weighted by Crippen LogP contribution is -2.44. The van der Waals surface area contributed by atoms with Crippen LogP contribution in [0.15, 0.2) is 60.8 Å². The van der Waals surface area contributed by atoms with E-state index in [9.17, 15) is 19.2 Å². The molecule has 5 aromatic rings. The number of likely N-dealkylation sites (tertiary alicyclic amines) is 2. The summed E-state index contributed by atoms with van der Waals surface area (Å²) in [5.74, 6) is -3.00. The van der Waals surface area contributed by atoms with Crippen LogP contribution < -0.4 is 0 Å². The quantitative estimate of drug-likeness (QED) is 0.175. The average molecular weight is 859 g/mol. The van der Waals surface area contributed by atoms with Gasteiger partial charge in [-0.15, -0.1) is 0 Å². The Morgan fingerprint density at radius 3 is 1.98 bits per heavy atom. The van der Waals surface area contributed by atoms with Gasteiger partial charge in [-0.05, 0) is 138 Å². The molecular formula is C49H52F2N6O6. The van der Waals surface area contributed by atoms with Crippen LogP contribution in [-0.2, 0) is 15.4 Å². The zero-order chi connectivity index (χ0) is 44.7. The highest BCUT2D eigenvalue weighted by molar-refractivity contribution is 5.93. The number of rotatable bonds is 4. The molecule has 1 spiro atoms. The maximum absolute atomic E-state index is 16.8. The van der Waals surface area contributed by atoms with Gasteiger partial charge in [-0.1, -0.05) is 30.3 Å². The largest absolute Gasteiger partial charge is 0.444 e.